The zero-order chi connectivity index (χ0) is 32.7. The molecule has 0 unspecified atom stereocenters. The first-order valence-corrected chi connectivity index (χ1v) is 15.6. The number of hydrogen-bond donors (Lipinski definition) is 3. The number of imidazole rings is 1. The molecule has 0 saturated carbocycles. The first-order valence-electron chi connectivity index (χ1n) is 14.4. The molecule has 3 heterocycles. The minimum atomic E-state index is -1.01. The van der Waals surface area contributed by atoms with E-state index in [9.17, 15) is 14.7 Å². The van der Waals surface area contributed by atoms with Gasteiger partial charge >= 0.3 is 12.0 Å². The number of rotatable bonds is 8. The van der Waals surface area contributed by atoms with Crippen LogP contribution in [0.15, 0.2) is 66.7 Å². The van der Waals surface area contributed by atoms with Gasteiger partial charge in [0.15, 0.2) is 10.7 Å². The molecule has 46 heavy (non-hydrogen) atoms. The quantitative estimate of drug-likeness (QED) is 0.150. The van der Waals surface area contributed by atoms with Crippen molar-refractivity contribution in [3.63, 3.8) is 0 Å². The summed E-state index contributed by atoms with van der Waals surface area (Å²) >= 11 is 7.77. The average molecular weight is 659 g/mol. The maximum Gasteiger partial charge on any atom is 0.354 e. The molecule has 11 nitrogen and oxygen atoms in total. The summed E-state index contributed by atoms with van der Waals surface area (Å²) in [7, 11) is 1.55. The Hall–Kier alpha value is -5.07. The number of anilines is 2. The fourth-order valence-electron chi connectivity index (χ4n) is 4.96. The minimum absolute atomic E-state index is 0.189. The predicted octanol–water partition coefficient (Wildman–Crippen LogP) is 8.39. The van der Waals surface area contributed by atoms with Gasteiger partial charge in [-0.25, -0.2) is 19.3 Å². The van der Waals surface area contributed by atoms with Crippen LogP contribution in [0.25, 0.3) is 20.9 Å². The molecule has 3 N–H and O–H groups in total. The lowest BCUT2D eigenvalue weighted by atomic mass is 9.92. The number of carboxylic acid groups (broad SMARTS) is 1. The number of ether oxygens (including phenoxy) is 2. The van der Waals surface area contributed by atoms with Crippen molar-refractivity contribution in [1.82, 2.24) is 19.2 Å². The van der Waals surface area contributed by atoms with Gasteiger partial charge in [-0.15, -0.1) is 0 Å². The van der Waals surface area contributed by atoms with E-state index in [2.05, 4.69) is 15.6 Å². The Morgan fingerprint density at radius 1 is 1.00 bits per heavy atom. The van der Waals surface area contributed by atoms with Crippen LogP contribution < -0.4 is 20.1 Å². The van der Waals surface area contributed by atoms with Gasteiger partial charge < -0.3 is 19.9 Å². The van der Waals surface area contributed by atoms with E-state index >= 15 is 0 Å². The molecule has 0 atom stereocenters. The fraction of sp³-hybridized carbons (Fsp3) is 0.212. The van der Waals surface area contributed by atoms with E-state index in [1.54, 1.807) is 58.7 Å². The lowest BCUT2D eigenvalue weighted by Gasteiger charge is -2.14. The summed E-state index contributed by atoms with van der Waals surface area (Å²) in [6, 6.07) is 19.1. The zero-order valence-electron chi connectivity index (χ0n) is 25.7. The van der Waals surface area contributed by atoms with Crippen LogP contribution in [0.1, 0.15) is 49.6 Å². The molecular formula is C33H31ClN6O5S. The van der Waals surface area contributed by atoms with Crippen molar-refractivity contribution < 1.29 is 24.2 Å². The Balaban J connectivity index is 1.17. The minimum Gasteiger partial charge on any atom is -0.495 e. The number of carbonyl (C=O) groups is 2. The molecule has 13 heteroatoms. The SMILES string of the molecule is CCc1nc2sc3cc(Oc4ccc(NC(=O)Nc5cc(C(C)(C)C)nn5-c5ccc(OC)c(Cl)c5)cc4)ccc3n2c1C(=O)O. The number of aromatic nitrogens is 4. The first kappa shape index (κ1) is 30.9. The average Bonchev–Trinajstić information content (AvgIpc) is 3.69. The van der Waals surface area contributed by atoms with E-state index in [4.69, 9.17) is 26.2 Å². The largest absolute Gasteiger partial charge is 0.495 e. The van der Waals surface area contributed by atoms with Crippen LogP contribution in [0, 0.1) is 0 Å². The third-order valence-corrected chi connectivity index (χ3v) is 8.58. The molecule has 236 valence electrons. The van der Waals surface area contributed by atoms with Crippen LogP contribution in [0.3, 0.4) is 0 Å². The normalized spacial score (nSPS) is 11.6. The summed E-state index contributed by atoms with van der Waals surface area (Å²) in [5, 5.41) is 20.7. The molecule has 0 spiro atoms. The fourth-order valence-corrected chi connectivity index (χ4v) is 6.29. The number of urea groups is 1. The van der Waals surface area contributed by atoms with E-state index < -0.39 is 12.0 Å². The van der Waals surface area contributed by atoms with Gasteiger partial charge in [0.05, 0.1) is 39.4 Å². The Labute approximate surface area is 273 Å². The van der Waals surface area contributed by atoms with Crippen molar-refractivity contribution in [3.8, 4) is 22.9 Å². The number of aryl methyl sites for hydroxylation is 1. The third kappa shape index (κ3) is 5.96. The molecule has 0 aliphatic rings. The number of thiazole rings is 1. The number of hydrogen-bond acceptors (Lipinski definition) is 7. The number of benzene rings is 3. The summed E-state index contributed by atoms with van der Waals surface area (Å²) in [5.41, 5.74) is 3.26. The molecule has 0 saturated heterocycles. The van der Waals surface area contributed by atoms with Gasteiger partial charge in [-0.05, 0) is 61.0 Å². The van der Waals surface area contributed by atoms with E-state index in [1.807, 2.05) is 52.0 Å². The van der Waals surface area contributed by atoms with E-state index in [1.165, 1.54) is 11.3 Å². The number of aromatic carboxylic acids is 1. The number of nitrogens with one attached hydrogen (secondary N) is 2. The van der Waals surface area contributed by atoms with Gasteiger partial charge in [0.2, 0.25) is 0 Å². The summed E-state index contributed by atoms with van der Waals surface area (Å²) < 4.78 is 15.5. The molecule has 0 radical (unpaired) electrons. The summed E-state index contributed by atoms with van der Waals surface area (Å²) in [4.78, 5) is 30.1. The second-order valence-corrected chi connectivity index (χ2v) is 12.9. The first-order chi connectivity index (χ1) is 21.9. The van der Waals surface area contributed by atoms with Crippen molar-refractivity contribution in [1.29, 1.82) is 0 Å². The van der Waals surface area contributed by atoms with Crippen LogP contribution in [-0.2, 0) is 11.8 Å². The highest BCUT2D eigenvalue weighted by atomic mass is 35.5. The second-order valence-electron chi connectivity index (χ2n) is 11.5. The monoisotopic (exact) mass is 658 g/mol. The topological polar surface area (TPSA) is 132 Å². The molecule has 0 fully saturated rings. The maximum absolute atomic E-state index is 13.1. The summed E-state index contributed by atoms with van der Waals surface area (Å²) in [6.07, 6.45) is 0.535. The Kier molecular flexibility index (Phi) is 8.09. The predicted molar refractivity (Wildman–Crippen MR) is 180 cm³/mol. The van der Waals surface area contributed by atoms with Crippen molar-refractivity contribution in [2.24, 2.45) is 0 Å². The van der Waals surface area contributed by atoms with Crippen LogP contribution in [-0.4, -0.2) is 43.4 Å². The smallest absolute Gasteiger partial charge is 0.354 e. The van der Waals surface area contributed by atoms with Crippen LogP contribution in [0.4, 0.5) is 16.3 Å². The van der Waals surface area contributed by atoms with Crippen LogP contribution in [0.2, 0.25) is 5.02 Å². The molecule has 3 aromatic heterocycles. The van der Waals surface area contributed by atoms with Crippen molar-refractivity contribution in [3.05, 3.63) is 88.8 Å². The van der Waals surface area contributed by atoms with E-state index in [-0.39, 0.29) is 11.1 Å². The highest BCUT2D eigenvalue weighted by Gasteiger charge is 2.23. The zero-order valence-corrected chi connectivity index (χ0v) is 27.3. The number of carboxylic acids is 1. The standard InChI is InChI=1S/C33H31ClN6O5S/c1-6-23-29(30(41)42)39-24-13-12-21(16-26(24)46-32(39)36-23)45-20-10-7-18(8-11-20)35-31(43)37-28-17-27(33(2,3)4)38-40(28)19-9-14-25(44-5)22(34)15-19/h7-17H,6H2,1-5H3,(H,41,42)(H2,35,37,43). The summed E-state index contributed by atoms with van der Waals surface area (Å²) in [5.74, 6) is 1.16. The maximum atomic E-state index is 13.1. The Morgan fingerprint density at radius 3 is 2.39 bits per heavy atom. The number of halogens is 1. The van der Waals surface area contributed by atoms with Gasteiger partial charge in [-0.3, -0.25) is 9.72 Å². The molecule has 0 aliphatic carbocycles. The third-order valence-electron chi connectivity index (χ3n) is 7.28. The molecule has 0 aliphatic heterocycles. The molecule has 2 amide bonds. The molecule has 3 aromatic carbocycles. The Bertz CT molecular complexity index is 2110. The second kappa shape index (κ2) is 12.0. The van der Waals surface area contributed by atoms with Crippen molar-refractivity contribution in [2.75, 3.05) is 17.7 Å². The van der Waals surface area contributed by atoms with E-state index in [0.29, 0.717) is 56.5 Å². The van der Waals surface area contributed by atoms with Gasteiger partial charge in [0, 0.05) is 23.2 Å². The van der Waals surface area contributed by atoms with Crippen molar-refractivity contribution >= 4 is 61.6 Å². The lowest BCUT2D eigenvalue weighted by Crippen LogP contribution is -2.21. The van der Waals surface area contributed by atoms with Gasteiger partial charge in [0.25, 0.3) is 0 Å². The van der Waals surface area contributed by atoms with Gasteiger partial charge in [0.1, 0.15) is 23.1 Å². The molecule has 6 rings (SSSR count). The van der Waals surface area contributed by atoms with Crippen LogP contribution >= 0.6 is 22.9 Å². The lowest BCUT2D eigenvalue weighted by molar-refractivity contribution is 0.0688. The van der Waals surface area contributed by atoms with Gasteiger partial charge in [-0.1, -0.05) is 50.6 Å². The van der Waals surface area contributed by atoms with Crippen LogP contribution in [0.5, 0.6) is 17.2 Å². The number of carbonyl (C=O) groups excluding carboxylic acids is 1. The van der Waals surface area contributed by atoms with Crippen molar-refractivity contribution in [2.45, 2.75) is 39.5 Å². The number of nitrogens with zero attached hydrogens (tertiary/aromatic N) is 4. The molecule has 6 aromatic rings. The number of amides is 2. The summed E-state index contributed by atoms with van der Waals surface area (Å²) in [6.45, 7) is 8.02. The van der Waals surface area contributed by atoms with Gasteiger partial charge in [-0.2, -0.15) is 5.10 Å². The Morgan fingerprint density at radius 2 is 1.74 bits per heavy atom. The highest BCUT2D eigenvalue weighted by molar-refractivity contribution is 7.23. The molecular weight excluding hydrogens is 628 g/mol. The highest BCUT2D eigenvalue weighted by Crippen LogP contribution is 2.34. The number of fused-ring (bicyclic) bond motifs is 3. The molecule has 0 bridgehead atoms. The van der Waals surface area contributed by atoms with E-state index in [0.717, 1.165) is 15.9 Å². The number of methoxy groups -OCH3 is 1.